The van der Waals surface area contributed by atoms with Gasteiger partial charge in [0, 0.05) is 0 Å². The molecule has 0 aliphatic heterocycles. The number of hydrogen-bond acceptors (Lipinski definition) is 1. The molecule has 0 unspecified atom stereocenters. The van der Waals surface area contributed by atoms with Gasteiger partial charge in [-0.1, -0.05) is 18.7 Å². The van der Waals surface area contributed by atoms with Crippen LogP contribution in [0.25, 0.3) is 0 Å². The van der Waals surface area contributed by atoms with E-state index in [1.54, 1.807) is 0 Å². The third-order valence-electron chi connectivity index (χ3n) is 0. The molecule has 0 aliphatic carbocycles. The maximum absolute atomic E-state index is 4.43. The zero-order valence-electron chi connectivity index (χ0n) is 1.86. The van der Waals surface area contributed by atoms with Gasteiger partial charge in [0.1, 0.15) is 0 Å². The predicted molar refractivity (Wildman–Crippen MR) is 42.7 cm³/mol. The molecule has 28 valence electrons. The van der Waals surface area contributed by atoms with Crippen LogP contribution in [0.5, 0.6) is 0 Å². The number of rotatable bonds is 0. The van der Waals surface area contributed by atoms with Crippen molar-refractivity contribution in [2.24, 2.45) is 0 Å². The maximum Gasteiger partial charge on any atom is 0.0778 e. The summed E-state index contributed by atoms with van der Waals surface area (Å²) in [4.78, 5) is 0. The first-order valence-electron chi connectivity index (χ1n) is 0.630. The van der Waals surface area contributed by atoms with Crippen molar-refractivity contribution in [3.63, 3.8) is 0 Å². The first kappa shape index (κ1) is 15.8. The van der Waals surface area contributed by atoms with E-state index in [4.69, 9.17) is 0 Å². The first-order chi connectivity index (χ1) is 1.41. The van der Waals surface area contributed by atoms with Crippen LogP contribution in [0.15, 0.2) is 0 Å². The average molecular weight is 179 g/mol. The Bertz CT molecular complexity index is 19.1. The summed E-state index contributed by atoms with van der Waals surface area (Å²) in [5.41, 5.74) is 0. The standard InChI is InChI=1S/GeH4.Li.H3PSSi.H/c;;2-1-3;/h1H4;;3H3;. The summed E-state index contributed by atoms with van der Waals surface area (Å²) in [6.45, 7) is 1.14. The van der Waals surface area contributed by atoms with Crippen molar-refractivity contribution in [1.82, 2.24) is 0 Å². The Hall–Kier alpha value is 1.88. The van der Waals surface area contributed by atoms with E-state index in [2.05, 4.69) is 11.8 Å². The van der Waals surface area contributed by atoms with E-state index >= 15 is 0 Å². The Kier molecular flexibility index (Phi) is 53.4. The fraction of sp³-hybridized carbons (Fsp3) is 0. The minimum atomic E-state index is 0. The normalized spacial score (nSPS) is 4.80. The molecule has 0 spiro atoms. The molecule has 0 heterocycles. The van der Waals surface area contributed by atoms with Gasteiger partial charge < -0.3 is 0 Å². The largest absolute Gasteiger partial charge is 0.0778 e. The van der Waals surface area contributed by atoms with Crippen molar-refractivity contribution in [2.45, 2.75) is 0 Å². The van der Waals surface area contributed by atoms with Crippen LogP contribution in [-0.4, -0.2) is 46.4 Å². The fourth-order valence-electron chi connectivity index (χ4n) is 0. The van der Waals surface area contributed by atoms with Crippen LogP contribution in [0.3, 0.4) is 0 Å². The zero-order valence-corrected chi connectivity index (χ0v) is 5.57. The molecule has 0 N–H and O–H groups in total. The van der Waals surface area contributed by atoms with Crippen LogP contribution in [0.2, 0.25) is 0 Å². The first-order valence-corrected chi connectivity index (χ1v) is 5.67. The van der Waals surface area contributed by atoms with Gasteiger partial charge in [-0.05, 0) is 0 Å². The van der Waals surface area contributed by atoms with Crippen molar-refractivity contribution in [3.05, 3.63) is 0 Å². The van der Waals surface area contributed by atoms with Crippen LogP contribution >= 0.6 is 6.90 Å². The van der Waals surface area contributed by atoms with Gasteiger partial charge in [0.05, 0.1) is 9.91 Å². The van der Waals surface area contributed by atoms with Gasteiger partial charge >= 0.3 is 36.5 Å². The Morgan fingerprint density at radius 1 is 1.60 bits per heavy atom. The molecule has 0 saturated carbocycles. The monoisotopic (exact) mass is 180 g/mol. The van der Waals surface area contributed by atoms with Crippen LogP contribution in [-0.2, 0) is 11.8 Å². The van der Waals surface area contributed by atoms with Crippen molar-refractivity contribution < 1.29 is 0 Å². The Morgan fingerprint density at radius 2 is 1.60 bits per heavy atom. The van der Waals surface area contributed by atoms with E-state index in [1.165, 1.54) is 0 Å². The minimum absolute atomic E-state index is 0. The summed E-state index contributed by atoms with van der Waals surface area (Å²) in [6.07, 6.45) is 0. The molecule has 0 amide bonds. The Balaban J connectivity index is -0.0000000200. The smallest absolute Gasteiger partial charge is 0.0655 e. The second-order valence-corrected chi connectivity index (χ2v) is 4.93. The third-order valence-corrected chi connectivity index (χ3v) is 0. The second kappa shape index (κ2) is 16.9. The maximum atomic E-state index is 4.43. The molecule has 0 aliphatic rings. The zero-order chi connectivity index (χ0) is 2.71. The molecule has 0 nitrogen and oxygen atoms in total. The molecule has 0 aromatic carbocycles. The third kappa shape index (κ3) is 25.1. The van der Waals surface area contributed by atoms with Gasteiger partial charge in [-0.3, -0.25) is 0 Å². The van der Waals surface area contributed by atoms with Crippen molar-refractivity contribution in [2.75, 3.05) is 0 Å². The molecule has 0 bridgehead atoms. The van der Waals surface area contributed by atoms with Crippen molar-refractivity contribution >= 4 is 65.1 Å². The predicted octanol–water partition coefficient (Wildman–Crippen LogP) is -2.43. The van der Waals surface area contributed by atoms with E-state index in [0.29, 0.717) is 0 Å². The van der Waals surface area contributed by atoms with Gasteiger partial charge in [-0.15, -0.1) is 0 Å². The summed E-state index contributed by atoms with van der Waals surface area (Å²) < 4.78 is 0. The van der Waals surface area contributed by atoms with Crippen LogP contribution < -0.4 is 0 Å². The van der Waals surface area contributed by atoms with Gasteiger partial charge in [0.25, 0.3) is 0 Å². The molecule has 5 heteroatoms. The molecule has 0 fully saturated rings. The molecule has 5 heavy (non-hydrogen) atoms. The van der Waals surface area contributed by atoms with Crippen LogP contribution in [0.4, 0.5) is 0 Å². The van der Waals surface area contributed by atoms with E-state index in [0.717, 1.165) is 16.8 Å². The molecular weight excluding hydrogens is 171 g/mol. The van der Waals surface area contributed by atoms with Gasteiger partial charge in [0.15, 0.2) is 0 Å². The topological polar surface area (TPSA) is 0 Å². The quantitative estimate of drug-likeness (QED) is 0.294. The average Bonchev–Trinajstić information content (AvgIpc) is 0.918. The van der Waals surface area contributed by atoms with Crippen molar-refractivity contribution in [1.29, 1.82) is 0 Å². The molecule has 0 radical (unpaired) electrons. The summed E-state index contributed by atoms with van der Waals surface area (Å²) in [5, 5.41) is 0. The summed E-state index contributed by atoms with van der Waals surface area (Å²) in [7, 11) is 1.16. The second-order valence-electron chi connectivity index (χ2n) is 0.183. The Labute approximate surface area is 64.7 Å². The van der Waals surface area contributed by atoms with Gasteiger partial charge in [-0.25, -0.2) is 0 Å². The minimum Gasteiger partial charge on any atom is -0.0655 e. The molecule has 0 atom stereocenters. The van der Waals surface area contributed by atoms with E-state index in [1.807, 2.05) is 0 Å². The van der Waals surface area contributed by atoms with E-state index < -0.39 is 0 Å². The molecule has 0 aromatic heterocycles. The molecular formula is H8GeLiPSSi. The molecule has 0 saturated heterocycles. The van der Waals surface area contributed by atoms with E-state index in [9.17, 15) is 0 Å². The van der Waals surface area contributed by atoms with Gasteiger partial charge in [0.2, 0.25) is 0 Å². The van der Waals surface area contributed by atoms with Crippen LogP contribution in [0, 0.1) is 0 Å². The fourth-order valence-corrected chi connectivity index (χ4v) is 0. The SMILES string of the molecule is [GeH4].[LiH].[SiH3]P=S. The van der Waals surface area contributed by atoms with Crippen molar-refractivity contribution in [3.8, 4) is 0 Å². The number of hydrogen-bond donors (Lipinski definition) is 0. The van der Waals surface area contributed by atoms with E-state index in [-0.39, 0.29) is 36.5 Å². The summed E-state index contributed by atoms with van der Waals surface area (Å²) in [5.74, 6) is 0. The van der Waals surface area contributed by atoms with Gasteiger partial charge in [-0.2, -0.15) is 0 Å². The van der Waals surface area contributed by atoms with Crippen LogP contribution in [0.1, 0.15) is 0 Å². The summed E-state index contributed by atoms with van der Waals surface area (Å²) >= 11 is 4.43. The molecule has 0 rings (SSSR count). The Morgan fingerprint density at radius 3 is 1.60 bits per heavy atom. The summed E-state index contributed by atoms with van der Waals surface area (Å²) in [6, 6.07) is 0. The molecule has 0 aromatic rings.